The van der Waals surface area contributed by atoms with Crippen LogP contribution in [0.2, 0.25) is 0 Å². The van der Waals surface area contributed by atoms with Crippen LogP contribution < -0.4 is 0 Å². The molecule has 0 spiro atoms. The van der Waals surface area contributed by atoms with E-state index in [1.165, 1.54) is 19.3 Å². The molecule has 0 amide bonds. The van der Waals surface area contributed by atoms with Gasteiger partial charge in [0.1, 0.15) is 0 Å². The number of rotatable bonds is 2. The molecule has 2 nitrogen and oxygen atoms in total. The molecule has 0 atom stereocenters. The Kier molecular flexibility index (Phi) is 2.36. The lowest BCUT2D eigenvalue weighted by molar-refractivity contribution is -0.132. The second-order valence-electron chi connectivity index (χ2n) is 4.20. The van der Waals surface area contributed by atoms with Crippen molar-refractivity contribution in [2.75, 3.05) is 0 Å². The number of allylic oxidation sites excluding steroid dienone is 4. The molecular formula is C12H14O2. The summed E-state index contributed by atoms with van der Waals surface area (Å²) in [7, 11) is 0. The van der Waals surface area contributed by atoms with Crippen molar-refractivity contribution in [1.82, 2.24) is 0 Å². The average Bonchev–Trinajstić information content (AvgIpc) is 2.10. The molecule has 2 aliphatic carbocycles. The van der Waals surface area contributed by atoms with Gasteiger partial charge in [0, 0.05) is 11.1 Å². The Morgan fingerprint density at radius 3 is 2.50 bits per heavy atom. The molecule has 0 aliphatic heterocycles. The van der Waals surface area contributed by atoms with Crippen LogP contribution in [-0.2, 0) is 9.59 Å². The minimum Gasteiger partial charge on any atom is -0.285 e. The van der Waals surface area contributed by atoms with Crippen LogP contribution >= 0.6 is 0 Å². The molecule has 0 saturated heterocycles. The van der Waals surface area contributed by atoms with Crippen molar-refractivity contribution in [2.24, 2.45) is 5.92 Å². The SMILES string of the molecule is CC1=CC=C(CC2CCC2)C(=O)C1=O. The van der Waals surface area contributed by atoms with Crippen molar-refractivity contribution < 1.29 is 9.59 Å². The molecule has 0 radical (unpaired) electrons. The monoisotopic (exact) mass is 190 g/mol. The molecule has 0 bridgehead atoms. The number of ketones is 2. The highest BCUT2D eigenvalue weighted by atomic mass is 16.2. The van der Waals surface area contributed by atoms with Gasteiger partial charge in [0.05, 0.1) is 0 Å². The minimum absolute atomic E-state index is 0.281. The Bertz CT molecular complexity index is 343. The fraction of sp³-hybridized carbons (Fsp3) is 0.500. The third-order valence-electron chi connectivity index (χ3n) is 3.12. The van der Waals surface area contributed by atoms with Crippen LogP contribution in [0.3, 0.4) is 0 Å². The van der Waals surface area contributed by atoms with Crippen molar-refractivity contribution in [2.45, 2.75) is 32.6 Å². The van der Waals surface area contributed by atoms with Crippen LogP contribution in [0.4, 0.5) is 0 Å². The lowest BCUT2D eigenvalue weighted by Gasteiger charge is -2.26. The molecule has 0 aromatic rings. The van der Waals surface area contributed by atoms with E-state index in [0.717, 1.165) is 6.42 Å². The van der Waals surface area contributed by atoms with E-state index in [4.69, 9.17) is 0 Å². The molecule has 0 heterocycles. The first-order valence-electron chi connectivity index (χ1n) is 5.15. The maximum absolute atomic E-state index is 11.6. The average molecular weight is 190 g/mol. The van der Waals surface area contributed by atoms with Gasteiger partial charge in [-0.15, -0.1) is 0 Å². The van der Waals surface area contributed by atoms with Crippen LogP contribution in [0.15, 0.2) is 23.3 Å². The van der Waals surface area contributed by atoms with Crippen molar-refractivity contribution >= 4 is 11.6 Å². The molecular weight excluding hydrogens is 176 g/mol. The summed E-state index contributed by atoms with van der Waals surface area (Å²) in [6.45, 7) is 1.69. The molecule has 0 unspecified atom stereocenters. The zero-order valence-corrected chi connectivity index (χ0v) is 8.38. The number of Topliss-reactive ketones (excluding diaryl/α,β-unsaturated/α-hetero) is 2. The van der Waals surface area contributed by atoms with Crippen molar-refractivity contribution in [3.05, 3.63) is 23.3 Å². The van der Waals surface area contributed by atoms with Gasteiger partial charge in [-0.2, -0.15) is 0 Å². The van der Waals surface area contributed by atoms with Crippen molar-refractivity contribution in [1.29, 1.82) is 0 Å². The molecule has 14 heavy (non-hydrogen) atoms. The summed E-state index contributed by atoms with van der Waals surface area (Å²) in [5.41, 5.74) is 1.28. The fourth-order valence-electron chi connectivity index (χ4n) is 1.87. The first-order valence-corrected chi connectivity index (χ1v) is 5.15. The molecule has 2 aliphatic rings. The topological polar surface area (TPSA) is 34.1 Å². The second kappa shape index (κ2) is 3.52. The van der Waals surface area contributed by atoms with Crippen LogP contribution in [0, 0.1) is 5.92 Å². The van der Waals surface area contributed by atoms with Crippen LogP contribution in [0.25, 0.3) is 0 Å². The van der Waals surface area contributed by atoms with E-state index < -0.39 is 0 Å². The van der Waals surface area contributed by atoms with E-state index >= 15 is 0 Å². The maximum Gasteiger partial charge on any atom is 0.229 e. The molecule has 1 saturated carbocycles. The van der Waals surface area contributed by atoms with E-state index in [1.54, 1.807) is 13.0 Å². The molecule has 2 rings (SSSR count). The predicted molar refractivity (Wildman–Crippen MR) is 53.8 cm³/mol. The van der Waals surface area contributed by atoms with Crippen LogP contribution in [-0.4, -0.2) is 11.6 Å². The van der Waals surface area contributed by atoms with Gasteiger partial charge >= 0.3 is 0 Å². The first kappa shape index (κ1) is 9.38. The Morgan fingerprint density at radius 2 is 1.93 bits per heavy atom. The number of carbonyl (C=O) groups is 2. The molecule has 0 aromatic carbocycles. The van der Waals surface area contributed by atoms with E-state index in [2.05, 4.69) is 0 Å². The molecule has 1 fully saturated rings. The second-order valence-corrected chi connectivity index (χ2v) is 4.20. The Morgan fingerprint density at radius 1 is 1.21 bits per heavy atom. The largest absolute Gasteiger partial charge is 0.285 e. The summed E-state index contributed by atoms with van der Waals surface area (Å²) in [5.74, 6) is 0.0449. The van der Waals surface area contributed by atoms with Gasteiger partial charge in [-0.25, -0.2) is 0 Å². The number of carbonyl (C=O) groups excluding carboxylic acids is 2. The quantitative estimate of drug-likeness (QED) is 0.494. The van der Waals surface area contributed by atoms with Gasteiger partial charge < -0.3 is 0 Å². The van der Waals surface area contributed by atoms with Gasteiger partial charge in [-0.05, 0) is 19.3 Å². The molecule has 0 aromatic heterocycles. The number of hydrogen-bond acceptors (Lipinski definition) is 2. The highest BCUT2D eigenvalue weighted by Gasteiger charge is 2.27. The highest BCUT2D eigenvalue weighted by molar-refractivity contribution is 6.49. The number of hydrogen-bond donors (Lipinski definition) is 0. The summed E-state index contributed by atoms with van der Waals surface area (Å²) in [6, 6.07) is 0. The first-order chi connectivity index (χ1) is 6.68. The third-order valence-corrected chi connectivity index (χ3v) is 3.12. The lowest BCUT2D eigenvalue weighted by atomic mass is 9.78. The van der Waals surface area contributed by atoms with Gasteiger partial charge in [0.15, 0.2) is 0 Å². The zero-order chi connectivity index (χ0) is 10.1. The van der Waals surface area contributed by atoms with Gasteiger partial charge in [0.25, 0.3) is 0 Å². The fourth-order valence-corrected chi connectivity index (χ4v) is 1.87. The summed E-state index contributed by atoms with van der Waals surface area (Å²) in [4.78, 5) is 22.9. The normalized spacial score (nSPS) is 22.9. The molecule has 74 valence electrons. The van der Waals surface area contributed by atoms with Crippen LogP contribution in [0.1, 0.15) is 32.6 Å². The Hall–Kier alpha value is -1.18. The molecule has 0 N–H and O–H groups in total. The molecule has 2 heteroatoms. The highest BCUT2D eigenvalue weighted by Crippen LogP contribution is 2.33. The van der Waals surface area contributed by atoms with E-state index in [-0.39, 0.29) is 11.6 Å². The Labute approximate surface area is 83.7 Å². The maximum atomic E-state index is 11.6. The third kappa shape index (κ3) is 1.57. The van der Waals surface area contributed by atoms with E-state index in [0.29, 0.717) is 17.1 Å². The zero-order valence-electron chi connectivity index (χ0n) is 8.38. The van der Waals surface area contributed by atoms with Gasteiger partial charge in [0.2, 0.25) is 11.6 Å². The van der Waals surface area contributed by atoms with E-state index in [1.807, 2.05) is 6.08 Å². The predicted octanol–water partition coefficient (Wildman–Crippen LogP) is 2.20. The van der Waals surface area contributed by atoms with Gasteiger partial charge in [-0.1, -0.05) is 31.4 Å². The van der Waals surface area contributed by atoms with Crippen molar-refractivity contribution in [3.8, 4) is 0 Å². The smallest absolute Gasteiger partial charge is 0.229 e. The summed E-state index contributed by atoms with van der Waals surface area (Å²) >= 11 is 0. The van der Waals surface area contributed by atoms with Gasteiger partial charge in [-0.3, -0.25) is 9.59 Å². The van der Waals surface area contributed by atoms with Crippen LogP contribution in [0.5, 0.6) is 0 Å². The standard InChI is InChI=1S/C12H14O2/c1-8-5-6-10(12(14)11(8)13)7-9-3-2-4-9/h5-6,9H,2-4,7H2,1H3. The van der Waals surface area contributed by atoms with Crippen molar-refractivity contribution in [3.63, 3.8) is 0 Å². The van der Waals surface area contributed by atoms with E-state index in [9.17, 15) is 9.59 Å². The summed E-state index contributed by atoms with van der Waals surface area (Å²) in [5, 5.41) is 0. The lowest BCUT2D eigenvalue weighted by Crippen LogP contribution is -2.23. The Balaban J connectivity index is 2.10. The summed E-state index contributed by atoms with van der Waals surface area (Å²) in [6.07, 6.45) is 8.07. The summed E-state index contributed by atoms with van der Waals surface area (Å²) < 4.78 is 0. The minimum atomic E-state index is -0.318.